The summed E-state index contributed by atoms with van der Waals surface area (Å²) in [4.78, 5) is 37.0. The van der Waals surface area contributed by atoms with Gasteiger partial charge < -0.3 is 4.74 Å². The standard InChI is InChI=1S/C22H17N3O3/c26-14-28-13-19(16-5-3-9-24-11-16)17-6-1-7-20-21(17)22(27)18(12-25-20)15-4-2-8-23-10-15/h1-12,14,18-19H,13H2. The van der Waals surface area contributed by atoms with Gasteiger partial charge in [-0.15, -0.1) is 0 Å². The van der Waals surface area contributed by atoms with Crippen LogP contribution in [0.2, 0.25) is 0 Å². The first-order chi connectivity index (χ1) is 13.8. The lowest BCUT2D eigenvalue weighted by Gasteiger charge is -2.24. The number of benzene rings is 1. The molecule has 0 fully saturated rings. The molecule has 3 heterocycles. The fraction of sp³-hybridized carbons (Fsp3) is 0.136. The normalized spacial score (nSPS) is 16.3. The van der Waals surface area contributed by atoms with Gasteiger partial charge >= 0.3 is 0 Å². The molecule has 1 aliphatic heterocycles. The van der Waals surface area contributed by atoms with E-state index in [1.165, 1.54) is 0 Å². The van der Waals surface area contributed by atoms with Crippen molar-refractivity contribution in [2.24, 2.45) is 4.99 Å². The minimum Gasteiger partial charge on any atom is -0.467 e. The molecule has 138 valence electrons. The average molecular weight is 371 g/mol. The number of ketones is 1. The Bertz CT molecular complexity index is 1020. The molecule has 0 spiro atoms. The summed E-state index contributed by atoms with van der Waals surface area (Å²) in [6.45, 7) is 0.525. The number of Topliss-reactive ketones (excluding diaryl/α,β-unsaturated/α-hetero) is 1. The van der Waals surface area contributed by atoms with Gasteiger partial charge in [-0.3, -0.25) is 24.5 Å². The van der Waals surface area contributed by atoms with Crippen LogP contribution in [0, 0.1) is 0 Å². The maximum atomic E-state index is 13.4. The molecule has 0 saturated carbocycles. The van der Waals surface area contributed by atoms with Crippen molar-refractivity contribution in [3.63, 3.8) is 0 Å². The van der Waals surface area contributed by atoms with E-state index >= 15 is 0 Å². The Morgan fingerprint density at radius 3 is 2.57 bits per heavy atom. The van der Waals surface area contributed by atoms with Crippen LogP contribution < -0.4 is 0 Å². The zero-order chi connectivity index (χ0) is 19.3. The van der Waals surface area contributed by atoms with E-state index < -0.39 is 5.92 Å². The van der Waals surface area contributed by atoms with Crippen molar-refractivity contribution in [2.75, 3.05) is 6.61 Å². The number of carbonyl (C=O) groups is 2. The van der Waals surface area contributed by atoms with Gasteiger partial charge in [0.1, 0.15) is 6.61 Å². The molecular weight excluding hydrogens is 354 g/mol. The van der Waals surface area contributed by atoms with E-state index in [2.05, 4.69) is 15.0 Å². The lowest BCUT2D eigenvalue weighted by atomic mass is 9.82. The number of hydrogen-bond acceptors (Lipinski definition) is 6. The van der Waals surface area contributed by atoms with Crippen molar-refractivity contribution < 1.29 is 14.3 Å². The first-order valence-corrected chi connectivity index (χ1v) is 8.86. The Morgan fingerprint density at radius 2 is 1.86 bits per heavy atom. The number of fused-ring (bicyclic) bond motifs is 1. The Hall–Kier alpha value is -3.67. The number of nitrogens with zero attached hydrogens (tertiary/aromatic N) is 3. The number of rotatable bonds is 6. The third-order valence-electron chi connectivity index (χ3n) is 4.80. The van der Waals surface area contributed by atoms with Gasteiger partial charge in [0, 0.05) is 42.5 Å². The number of aromatic nitrogens is 2. The van der Waals surface area contributed by atoms with Crippen LogP contribution in [0.25, 0.3) is 0 Å². The van der Waals surface area contributed by atoms with Gasteiger partial charge in [-0.25, -0.2) is 0 Å². The van der Waals surface area contributed by atoms with Gasteiger partial charge in [0.15, 0.2) is 5.78 Å². The molecule has 1 aromatic carbocycles. The Morgan fingerprint density at radius 1 is 1.04 bits per heavy atom. The second-order valence-corrected chi connectivity index (χ2v) is 6.42. The van der Waals surface area contributed by atoms with Gasteiger partial charge in [-0.05, 0) is 34.9 Å². The Kier molecular flexibility index (Phi) is 5.01. The summed E-state index contributed by atoms with van der Waals surface area (Å²) in [5.41, 5.74) is 3.57. The average Bonchev–Trinajstić information content (AvgIpc) is 2.76. The summed E-state index contributed by atoms with van der Waals surface area (Å²) in [5, 5.41) is 0. The van der Waals surface area contributed by atoms with Crippen LogP contribution in [0.3, 0.4) is 0 Å². The zero-order valence-corrected chi connectivity index (χ0v) is 14.9. The second kappa shape index (κ2) is 7.92. The fourth-order valence-corrected chi connectivity index (χ4v) is 3.48. The summed E-state index contributed by atoms with van der Waals surface area (Å²) in [7, 11) is 0. The highest BCUT2D eigenvalue weighted by atomic mass is 16.5. The summed E-state index contributed by atoms with van der Waals surface area (Å²) in [6.07, 6.45) is 8.40. The van der Waals surface area contributed by atoms with Crippen molar-refractivity contribution in [2.45, 2.75) is 11.8 Å². The number of carbonyl (C=O) groups excluding carboxylic acids is 2. The minimum absolute atomic E-state index is 0.0476. The maximum Gasteiger partial charge on any atom is 0.293 e. The summed E-state index contributed by atoms with van der Waals surface area (Å²) in [5.74, 6) is -0.863. The highest BCUT2D eigenvalue weighted by Gasteiger charge is 2.31. The molecule has 2 aromatic heterocycles. The molecule has 1 aliphatic rings. The molecule has 6 nitrogen and oxygen atoms in total. The van der Waals surface area contributed by atoms with Gasteiger partial charge in [0.25, 0.3) is 6.47 Å². The monoisotopic (exact) mass is 371 g/mol. The largest absolute Gasteiger partial charge is 0.467 e. The minimum atomic E-state index is -0.496. The van der Waals surface area contributed by atoms with E-state index in [1.807, 2.05) is 36.4 Å². The van der Waals surface area contributed by atoms with E-state index in [9.17, 15) is 9.59 Å². The molecule has 6 heteroatoms. The highest BCUT2D eigenvalue weighted by Crippen LogP contribution is 2.38. The quantitative estimate of drug-likeness (QED) is 0.620. The zero-order valence-electron chi connectivity index (χ0n) is 14.9. The third kappa shape index (κ3) is 3.32. The molecule has 0 N–H and O–H groups in total. The molecule has 28 heavy (non-hydrogen) atoms. The first kappa shape index (κ1) is 17.7. The number of aliphatic imine (C=N–C) groups is 1. The SMILES string of the molecule is O=COCC(c1cccnc1)c1cccc2c1C(=O)C(c1cccnc1)C=N2. The van der Waals surface area contributed by atoms with Crippen LogP contribution in [0.4, 0.5) is 5.69 Å². The van der Waals surface area contributed by atoms with Crippen molar-refractivity contribution in [3.8, 4) is 0 Å². The smallest absolute Gasteiger partial charge is 0.293 e. The predicted octanol–water partition coefficient (Wildman–Crippen LogP) is 3.46. The molecule has 4 rings (SSSR count). The molecule has 0 saturated heterocycles. The van der Waals surface area contributed by atoms with Gasteiger partial charge in [0.05, 0.1) is 11.6 Å². The maximum absolute atomic E-state index is 13.4. The predicted molar refractivity (Wildman–Crippen MR) is 104 cm³/mol. The lowest BCUT2D eigenvalue weighted by Crippen LogP contribution is -2.22. The summed E-state index contributed by atoms with van der Waals surface area (Å²) >= 11 is 0. The van der Waals surface area contributed by atoms with Gasteiger partial charge in [-0.2, -0.15) is 0 Å². The van der Waals surface area contributed by atoms with Crippen molar-refractivity contribution in [3.05, 3.63) is 89.5 Å². The molecule has 0 amide bonds. The fourth-order valence-electron chi connectivity index (χ4n) is 3.48. The molecule has 0 radical (unpaired) electrons. The van der Waals surface area contributed by atoms with Gasteiger partial charge in [0.2, 0.25) is 0 Å². The topological polar surface area (TPSA) is 81.5 Å². The van der Waals surface area contributed by atoms with Crippen LogP contribution in [0.5, 0.6) is 0 Å². The van der Waals surface area contributed by atoms with Crippen LogP contribution in [-0.2, 0) is 9.53 Å². The summed E-state index contributed by atoms with van der Waals surface area (Å²) < 4.78 is 5.07. The molecule has 2 atom stereocenters. The molecule has 3 aromatic rings. The molecular formula is C22H17N3O3. The van der Waals surface area contributed by atoms with E-state index in [4.69, 9.17) is 4.74 Å². The number of ether oxygens (including phenoxy) is 1. The molecule has 2 unspecified atom stereocenters. The van der Waals surface area contributed by atoms with Crippen molar-refractivity contribution in [1.82, 2.24) is 9.97 Å². The third-order valence-corrected chi connectivity index (χ3v) is 4.80. The van der Waals surface area contributed by atoms with Crippen LogP contribution in [0.15, 0.2) is 72.2 Å². The molecule has 0 aliphatic carbocycles. The van der Waals surface area contributed by atoms with E-state index in [1.54, 1.807) is 37.1 Å². The van der Waals surface area contributed by atoms with Crippen LogP contribution >= 0.6 is 0 Å². The summed E-state index contributed by atoms with van der Waals surface area (Å²) in [6, 6.07) is 12.9. The van der Waals surface area contributed by atoms with Gasteiger partial charge in [-0.1, -0.05) is 24.3 Å². The van der Waals surface area contributed by atoms with Crippen molar-refractivity contribution >= 4 is 24.2 Å². The lowest BCUT2D eigenvalue weighted by molar-refractivity contribution is -0.128. The van der Waals surface area contributed by atoms with Crippen molar-refractivity contribution in [1.29, 1.82) is 0 Å². The Labute approximate surface area is 162 Å². The molecule has 0 bridgehead atoms. The van der Waals surface area contributed by atoms with E-state index in [0.717, 1.165) is 16.7 Å². The Balaban J connectivity index is 1.81. The van der Waals surface area contributed by atoms with Crippen LogP contribution in [-0.4, -0.2) is 35.0 Å². The highest BCUT2D eigenvalue weighted by molar-refractivity contribution is 6.16. The van der Waals surface area contributed by atoms with E-state index in [0.29, 0.717) is 17.7 Å². The number of hydrogen-bond donors (Lipinski definition) is 0. The first-order valence-electron chi connectivity index (χ1n) is 8.86. The second-order valence-electron chi connectivity index (χ2n) is 6.42. The number of pyridine rings is 2. The van der Waals surface area contributed by atoms with E-state index in [-0.39, 0.29) is 18.3 Å². The van der Waals surface area contributed by atoms with Crippen LogP contribution in [0.1, 0.15) is 38.9 Å².